The summed E-state index contributed by atoms with van der Waals surface area (Å²) in [5, 5.41) is 3.88. The number of nitrogens with zero attached hydrogens (tertiary/aromatic N) is 2. The van der Waals surface area contributed by atoms with Gasteiger partial charge in [-0.15, -0.1) is 6.58 Å². The summed E-state index contributed by atoms with van der Waals surface area (Å²) in [5.41, 5.74) is 0.646. The SMILES string of the molecule is C=CCC(=O)c1cnn(C)c1. The van der Waals surface area contributed by atoms with E-state index in [2.05, 4.69) is 11.7 Å². The first-order chi connectivity index (χ1) is 5.24. The topological polar surface area (TPSA) is 34.9 Å². The van der Waals surface area contributed by atoms with Crippen LogP contribution in [0.15, 0.2) is 25.0 Å². The number of hydrogen-bond acceptors (Lipinski definition) is 2. The second-order valence-electron chi connectivity index (χ2n) is 2.32. The van der Waals surface area contributed by atoms with Crippen LogP contribution in [0, 0.1) is 0 Å². The number of carbonyl (C=O) groups is 1. The highest BCUT2D eigenvalue weighted by Gasteiger charge is 2.04. The Kier molecular flexibility index (Phi) is 2.21. The average molecular weight is 150 g/mol. The van der Waals surface area contributed by atoms with Gasteiger partial charge in [-0.25, -0.2) is 0 Å². The first-order valence-electron chi connectivity index (χ1n) is 3.37. The third-order valence-corrected chi connectivity index (χ3v) is 1.36. The van der Waals surface area contributed by atoms with E-state index in [1.165, 1.54) is 0 Å². The number of Topliss-reactive ketones (excluding diaryl/α,β-unsaturated/α-hetero) is 1. The molecule has 1 aromatic rings. The molecule has 0 spiro atoms. The van der Waals surface area contributed by atoms with E-state index >= 15 is 0 Å². The molecular formula is C8H10N2O. The van der Waals surface area contributed by atoms with Crippen LogP contribution in [0.25, 0.3) is 0 Å². The van der Waals surface area contributed by atoms with Crippen molar-refractivity contribution in [3.63, 3.8) is 0 Å². The third-order valence-electron chi connectivity index (χ3n) is 1.36. The van der Waals surface area contributed by atoms with Crippen molar-refractivity contribution >= 4 is 5.78 Å². The normalized spacial score (nSPS) is 9.55. The number of carbonyl (C=O) groups excluding carboxylic acids is 1. The summed E-state index contributed by atoms with van der Waals surface area (Å²) in [6, 6.07) is 0. The number of hydrogen-bond donors (Lipinski definition) is 0. The molecule has 0 aromatic carbocycles. The Hall–Kier alpha value is -1.38. The second kappa shape index (κ2) is 3.14. The second-order valence-corrected chi connectivity index (χ2v) is 2.32. The van der Waals surface area contributed by atoms with Crippen LogP contribution in [0.4, 0.5) is 0 Å². The average Bonchev–Trinajstić information content (AvgIpc) is 2.36. The molecule has 0 atom stereocenters. The lowest BCUT2D eigenvalue weighted by atomic mass is 10.2. The van der Waals surface area contributed by atoms with Crippen molar-refractivity contribution in [3.8, 4) is 0 Å². The molecule has 11 heavy (non-hydrogen) atoms. The minimum Gasteiger partial charge on any atom is -0.294 e. The Morgan fingerprint density at radius 1 is 1.91 bits per heavy atom. The van der Waals surface area contributed by atoms with Gasteiger partial charge in [0.25, 0.3) is 0 Å². The van der Waals surface area contributed by atoms with Crippen molar-refractivity contribution in [1.29, 1.82) is 0 Å². The molecule has 0 saturated carbocycles. The van der Waals surface area contributed by atoms with E-state index in [0.717, 1.165) is 0 Å². The Labute approximate surface area is 65.3 Å². The minimum absolute atomic E-state index is 0.0631. The van der Waals surface area contributed by atoms with Crippen molar-refractivity contribution in [2.24, 2.45) is 7.05 Å². The molecule has 0 saturated heterocycles. The fourth-order valence-electron chi connectivity index (χ4n) is 0.814. The lowest BCUT2D eigenvalue weighted by Gasteiger charge is -1.88. The molecule has 3 nitrogen and oxygen atoms in total. The Morgan fingerprint density at radius 3 is 3.09 bits per heavy atom. The maximum Gasteiger partial charge on any atom is 0.169 e. The van der Waals surface area contributed by atoms with E-state index in [1.807, 2.05) is 0 Å². The molecule has 58 valence electrons. The molecule has 0 bridgehead atoms. The summed E-state index contributed by atoms with van der Waals surface area (Å²) in [4.78, 5) is 11.1. The molecule has 0 fully saturated rings. The molecule has 1 aromatic heterocycles. The van der Waals surface area contributed by atoms with Crippen molar-refractivity contribution in [2.45, 2.75) is 6.42 Å². The lowest BCUT2D eigenvalue weighted by molar-refractivity contribution is 0.0996. The number of rotatable bonds is 3. The van der Waals surface area contributed by atoms with Gasteiger partial charge in [0.2, 0.25) is 0 Å². The Balaban J connectivity index is 2.76. The van der Waals surface area contributed by atoms with Crippen LogP contribution in [0.1, 0.15) is 16.8 Å². The molecule has 0 amide bonds. The summed E-state index contributed by atoms with van der Waals surface area (Å²) < 4.78 is 1.61. The van der Waals surface area contributed by atoms with Gasteiger partial charge in [-0.1, -0.05) is 6.08 Å². The molecule has 0 radical (unpaired) electrons. The van der Waals surface area contributed by atoms with Gasteiger partial charge < -0.3 is 0 Å². The van der Waals surface area contributed by atoms with E-state index in [0.29, 0.717) is 12.0 Å². The van der Waals surface area contributed by atoms with Crippen molar-refractivity contribution < 1.29 is 4.79 Å². The summed E-state index contributed by atoms with van der Waals surface area (Å²) >= 11 is 0. The smallest absolute Gasteiger partial charge is 0.169 e. The van der Waals surface area contributed by atoms with Crippen LogP contribution in [-0.4, -0.2) is 15.6 Å². The van der Waals surface area contributed by atoms with Crippen LogP contribution in [0.5, 0.6) is 0 Å². The first-order valence-corrected chi connectivity index (χ1v) is 3.37. The molecule has 0 N–H and O–H groups in total. The largest absolute Gasteiger partial charge is 0.294 e. The van der Waals surface area contributed by atoms with Gasteiger partial charge in [-0.05, 0) is 0 Å². The number of aromatic nitrogens is 2. The molecule has 0 aliphatic rings. The standard InChI is InChI=1S/C8H10N2O/c1-3-4-8(11)7-5-9-10(2)6-7/h3,5-6H,1,4H2,2H3. The van der Waals surface area contributed by atoms with Crippen molar-refractivity contribution in [1.82, 2.24) is 9.78 Å². The maximum atomic E-state index is 11.1. The molecule has 1 heterocycles. The zero-order chi connectivity index (χ0) is 8.27. The number of allylic oxidation sites excluding steroid dienone is 1. The molecule has 0 aliphatic heterocycles. The highest BCUT2D eigenvalue weighted by Crippen LogP contribution is 2.00. The lowest BCUT2D eigenvalue weighted by Crippen LogP contribution is -1.94. The van der Waals surface area contributed by atoms with Crippen LogP contribution in [0.2, 0.25) is 0 Å². The summed E-state index contributed by atoms with van der Waals surface area (Å²) in [7, 11) is 1.78. The number of ketones is 1. The molecule has 0 unspecified atom stereocenters. The minimum atomic E-state index is 0.0631. The molecule has 1 rings (SSSR count). The fourth-order valence-corrected chi connectivity index (χ4v) is 0.814. The zero-order valence-electron chi connectivity index (χ0n) is 6.45. The van der Waals surface area contributed by atoms with Crippen molar-refractivity contribution in [3.05, 3.63) is 30.6 Å². The van der Waals surface area contributed by atoms with E-state index in [9.17, 15) is 4.79 Å². The first kappa shape index (κ1) is 7.72. The quantitative estimate of drug-likeness (QED) is 0.479. The van der Waals surface area contributed by atoms with Gasteiger partial charge in [-0.3, -0.25) is 9.48 Å². The predicted molar refractivity (Wildman–Crippen MR) is 42.4 cm³/mol. The molecular weight excluding hydrogens is 140 g/mol. The summed E-state index contributed by atoms with van der Waals surface area (Å²) in [5.74, 6) is 0.0631. The summed E-state index contributed by atoms with van der Waals surface area (Å²) in [6.45, 7) is 3.48. The van der Waals surface area contributed by atoms with E-state index in [1.54, 1.807) is 30.2 Å². The van der Waals surface area contributed by atoms with E-state index < -0.39 is 0 Å². The van der Waals surface area contributed by atoms with Gasteiger partial charge in [0.05, 0.1) is 11.8 Å². The van der Waals surface area contributed by atoms with E-state index in [-0.39, 0.29) is 5.78 Å². The van der Waals surface area contributed by atoms with Gasteiger partial charge in [-0.2, -0.15) is 5.10 Å². The van der Waals surface area contributed by atoms with Crippen LogP contribution in [0.3, 0.4) is 0 Å². The predicted octanol–water partition coefficient (Wildman–Crippen LogP) is 1.18. The number of aryl methyl sites for hydroxylation is 1. The highest BCUT2D eigenvalue weighted by atomic mass is 16.1. The fraction of sp³-hybridized carbons (Fsp3) is 0.250. The van der Waals surface area contributed by atoms with E-state index in [4.69, 9.17) is 0 Å². The maximum absolute atomic E-state index is 11.1. The Morgan fingerprint density at radius 2 is 2.64 bits per heavy atom. The third kappa shape index (κ3) is 1.77. The van der Waals surface area contributed by atoms with Gasteiger partial charge >= 0.3 is 0 Å². The van der Waals surface area contributed by atoms with Crippen molar-refractivity contribution in [2.75, 3.05) is 0 Å². The zero-order valence-corrected chi connectivity index (χ0v) is 6.45. The van der Waals surface area contributed by atoms with Gasteiger partial charge in [0, 0.05) is 19.7 Å². The highest BCUT2D eigenvalue weighted by molar-refractivity contribution is 5.96. The summed E-state index contributed by atoms with van der Waals surface area (Å²) in [6.07, 6.45) is 5.23. The molecule has 0 aliphatic carbocycles. The van der Waals surface area contributed by atoms with Crippen LogP contribution in [-0.2, 0) is 7.05 Å². The van der Waals surface area contributed by atoms with Gasteiger partial charge in [0.1, 0.15) is 0 Å². The van der Waals surface area contributed by atoms with Gasteiger partial charge in [0.15, 0.2) is 5.78 Å². The Bertz CT molecular complexity index is 275. The molecule has 3 heteroatoms. The van der Waals surface area contributed by atoms with Crippen LogP contribution < -0.4 is 0 Å². The van der Waals surface area contributed by atoms with Crippen LogP contribution >= 0.6 is 0 Å². The monoisotopic (exact) mass is 150 g/mol.